The Kier molecular flexibility index (Phi) is 8.20. The standard InChI is InChI=1S/C34H36F3N5O2/c1-3-30-26(33(43)44)19-38-42(30)31-9-5-8-28(40-31)25-7-4-6-23-10-13-29(32(23)25)39-27-12-11-24(18-21(27)2)22-14-16-41(17-15-22)20-34(35,36)37/h4-9,11-12,18-19,22,29,39H,3,10,13-17,20H2,1-2H3,(H,43,44). The SMILES string of the molecule is CCc1c(C(=O)O)cnn1-c1cccc(-c2cccc3c2C(Nc2ccc(C4CCN(CC(F)(F)F)CC4)cc2C)CC3)n1. The van der Waals surface area contributed by atoms with Gasteiger partial charge >= 0.3 is 12.1 Å². The second-order valence-corrected chi connectivity index (χ2v) is 11.8. The normalized spacial score (nSPS) is 17.5. The van der Waals surface area contributed by atoms with Gasteiger partial charge in [-0.3, -0.25) is 4.90 Å². The third-order valence-corrected chi connectivity index (χ3v) is 8.95. The zero-order valence-corrected chi connectivity index (χ0v) is 24.9. The molecule has 7 nitrogen and oxygen atoms in total. The molecule has 0 saturated carbocycles. The number of aromatic nitrogens is 3. The Morgan fingerprint density at radius 3 is 2.55 bits per heavy atom. The molecule has 2 aliphatic rings. The van der Waals surface area contributed by atoms with Crippen LogP contribution in [0.5, 0.6) is 0 Å². The number of carbonyl (C=O) groups is 1. The van der Waals surface area contributed by atoms with Gasteiger partial charge in [0.25, 0.3) is 0 Å². The molecule has 10 heteroatoms. The first-order valence-electron chi connectivity index (χ1n) is 15.2. The molecule has 44 heavy (non-hydrogen) atoms. The van der Waals surface area contributed by atoms with Crippen LogP contribution >= 0.6 is 0 Å². The van der Waals surface area contributed by atoms with E-state index in [1.165, 1.54) is 27.8 Å². The summed E-state index contributed by atoms with van der Waals surface area (Å²) in [6, 6.07) is 18.5. The van der Waals surface area contributed by atoms with Crippen molar-refractivity contribution in [3.8, 4) is 17.1 Å². The number of halogens is 3. The van der Waals surface area contributed by atoms with Crippen LogP contribution in [0.4, 0.5) is 18.9 Å². The lowest BCUT2D eigenvalue weighted by Crippen LogP contribution is -2.39. The fraction of sp³-hybridized carbons (Fsp3) is 0.382. The van der Waals surface area contributed by atoms with Crippen molar-refractivity contribution >= 4 is 11.7 Å². The van der Waals surface area contributed by atoms with Crippen LogP contribution in [-0.2, 0) is 12.8 Å². The topological polar surface area (TPSA) is 83.3 Å². The predicted octanol–water partition coefficient (Wildman–Crippen LogP) is 7.34. The number of alkyl halides is 3. The minimum atomic E-state index is -4.15. The Bertz CT molecular complexity index is 1670. The van der Waals surface area contributed by atoms with Gasteiger partial charge in [-0.2, -0.15) is 18.3 Å². The van der Waals surface area contributed by atoms with Crippen molar-refractivity contribution < 1.29 is 23.1 Å². The van der Waals surface area contributed by atoms with E-state index in [0.29, 0.717) is 31.0 Å². The highest BCUT2D eigenvalue weighted by Crippen LogP contribution is 2.41. The van der Waals surface area contributed by atoms with Crippen molar-refractivity contribution in [3.63, 3.8) is 0 Å². The lowest BCUT2D eigenvalue weighted by atomic mass is 9.88. The first-order chi connectivity index (χ1) is 21.1. The fourth-order valence-electron chi connectivity index (χ4n) is 6.80. The molecule has 1 fully saturated rings. The fourth-order valence-corrected chi connectivity index (χ4v) is 6.80. The van der Waals surface area contributed by atoms with E-state index in [1.54, 1.807) is 4.68 Å². The van der Waals surface area contributed by atoms with Crippen LogP contribution in [0, 0.1) is 6.92 Å². The summed E-state index contributed by atoms with van der Waals surface area (Å²) in [5, 5.41) is 17.7. The highest BCUT2D eigenvalue weighted by Gasteiger charge is 2.33. The molecule has 6 rings (SSSR count). The number of benzene rings is 2. The Labute approximate surface area is 254 Å². The molecule has 1 aliphatic carbocycles. The number of pyridine rings is 1. The molecule has 0 amide bonds. The molecule has 2 aromatic carbocycles. The molecule has 1 unspecified atom stereocenters. The molecule has 0 bridgehead atoms. The van der Waals surface area contributed by atoms with Crippen molar-refractivity contribution in [2.24, 2.45) is 0 Å². The number of carboxylic acids is 1. The Hall–Kier alpha value is -4.18. The number of aromatic carboxylic acids is 1. The van der Waals surface area contributed by atoms with E-state index in [4.69, 9.17) is 4.98 Å². The summed E-state index contributed by atoms with van der Waals surface area (Å²) in [6.07, 6.45) is 1.06. The van der Waals surface area contributed by atoms with E-state index in [9.17, 15) is 23.1 Å². The summed E-state index contributed by atoms with van der Waals surface area (Å²) in [6.45, 7) is 4.07. The molecule has 1 saturated heterocycles. The maximum absolute atomic E-state index is 12.8. The minimum Gasteiger partial charge on any atom is -0.478 e. The van der Waals surface area contributed by atoms with Crippen LogP contribution in [0.1, 0.15) is 76.5 Å². The van der Waals surface area contributed by atoms with Gasteiger partial charge in [-0.15, -0.1) is 0 Å². The van der Waals surface area contributed by atoms with E-state index in [2.05, 4.69) is 53.7 Å². The molecular formula is C34H36F3N5O2. The molecule has 4 aromatic rings. The van der Waals surface area contributed by atoms with Crippen LogP contribution in [0.3, 0.4) is 0 Å². The zero-order valence-electron chi connectivity index (χ0n) is 24.9. The first kappa shape index (κ1) is 29.9. The van der Waals surface area contributed by atoms with E-state index in [0.717, 1.165) is 48.2 Å². The van der Waals surface area contributed by atoms with Crippen LogP contribution < -0.4 is 5.32 Å². The number of anilines is 1. The first-order valence-corrected chi connectivity index (χ1v) is 15.2. The van der Waals surface area contributed by atoms with Crippen LogP contribution in [0.15, 0.2) is 60.8 Å². The van der Waals surface area contributed by atoms with Gasteiger partial charge in [-0.25, -0.2) is 14.5 Å². The van der Waals surface area contributed by atoms with Crippen molar-refractivity contribution in [2.45, 2.75) is 64.1 Å². The zero-order chi connectivity index (χ0) is 31.0. The highest BCUT2D eigenvalue weighted by atomic mass is 19.4. The highest BCUT2D eigenvalue weighted by molar-refractivity contribution is 5.88. The average Bonchev–Trinajstić information content (AvgIpc) is 3.62. The maximum Gasteiger partial charge on any atom is 0.401 e. The third kappa shape index (κ3) is 6.08. The molecule has 2 N–H and O–H groups in total. The number of rotatable bonds is 8. The van der Waals surface area contributed by atoms with E-state index >= 15 is 0 Å². The third-order valence-electron chi connectivity index (χ3n) is 8.95. The van der Waals surface area contributed by atoms with Gasteiger partial charge in [0.2, 0.25) is 0 Å². The number of piperidine rings is 1. The molecular weight excluding hydrogens is 567 g/mol. The molecule has 2 aromatic heterocycles. The molecule has 1 aliphatic heterocycles. The smallest absolute Gasteiger partial charge is 0.401 e. The minimum absolute atomic E-state index is 0.0799. The summed E-state index contributed by atoms with van der Waals surface area (Å²) in [5.41, 5.74) is 8.44. The van der Waals surface area contributed by atoms with E-state index in [1.807, 2.05) is 25.1 Å². The van der Waals surface area contributed by atoms with Gasteiger partial charge < -0.3 is 10.4 Å². The molecule has 1 atom stereocenters. The summed E-state index contributed by atoms with van der Waals surface area (Å²) < 4.78 is 40.0. The second-order valence-electron chi connectivity index (χ2n) is 11.8. The van der Waals surface area contributed by atoms with Crippen molar-refractivity contribution in [2.75, 3.05) is 25.0 Å². The van der Waals surface area contributed by atoms with Crippen LogP contribution in [-0.4, -0.2) is 56.6 Å². The Morgan fingerprint density at radius 1 is 1.07 bits per heavy atom. The average molecular weight is 604 g/mol. The lowest BCUT2D eigenvalue weighted by Gasteiger charge is -2.32. The summed E-state index contributed by atoms with van der Waals surface area (Å²) in [4.78, 5) is 18.1. The van der Waals surface area contributed by atoms with Gasteiger partial charge in [0.05, 0.1) is 30.2 Å². The number of nitrogens with zero attached hydrogens (tertiary/aromatic N) is 4. The number of hydrogen-bond donors (Lipinski definition) is 2. The number of carboxylic acid groups (broad SMARTS) is 1. The van der Waals surface area contributed by atoms with Gasteiger partial charge in [0.15, 0.2) is 5.82 Å². The van der Waals surface area contributed by atoms with Crippen molar-refractivity contribution in [3.05, 3.63) is 94.3 Å². The molecule has 0 spiro atoms. The number of nitrogens with one attached hydrogen (secondary N) is 1. The van der Waals surface area contributed by atoms with Crippen molar-refractivity contribution in [1.82, 2.24) is 19.7 Å². The second kappa shape index (κ2) is 12.1. The van der Waals surface area contributed by atoms with Gasteiger partial charge in [0, 0.05) is 11.3 Å². The van der Waals surface area contributed by atoms with E-state index < -0.39 is 18.7 Å². The summed E-state index contributed by atoms with van der Waals surface area (Å²) >= 11 is 0. The van der Waals surface area contributed by atoms with Crippen LogP contribution in [0.25, 0.3) is 17.1 Å². The summed E-state index contributed by atoms with van der Waals surface area (Å²) in [7, 11) is 0. The Balaban J connectivity index is 1.22. The number of likely N-dealkylation sites (tertiary alicyclic amines) is 1. The Morgan fingerprint density at radius 2 is 1.84 bits per heavy atom. The number of aryl methyl sites for hydroxylation is 2. The van der Waals surface area contributed by atoms with Gasteiger partial charge in [-0.05, 0) is 98.5 Å². The van der Waals surface area contributed by atoms with E-state index in [-0.39, 0.29) is 17.5 Å². The number of fused-ring (bicyclic) bond motifs is 1. The maximum atomic E-state index is 12.8. The van der Waals surface area contributed by atoms with Gasteiger partial charge in [0.1, 0.15) is 5.56 Å². The quantitative estimate of drug-likeness (QED) is 0.219. The molecule has 0 radical (unpaired) electrons. The number of hydrogen-bond acceptors (Lipinski definition) is 5. The largest absolute Gasteiger partial charge is 0.478 e. The monoisotopic (exact) mass is 603 g/mol. The molecule has 3 heterocycles. The van der Waals surface area contributed by atoms with Gasteiger partial charge in [-0.1, -0.05) is 43.3 Å². The van der Waals surface area contributed by atoms with Crippen molar-refractivity contribution in [1.29, 1.82) is 0 Å². The van der Waals surface area contributed by atoms with Crippen LogP contribution in [0.2, 0.25) is 0 Å². The molecule has 230 valence electrons. The lowest BCUT2D eigenvalue weighted by molar-refractivity contribution is -0.147. The summed E-state index contributed by atoms with van der Waals surface area (Å²) in [5.74, 6) is -0.171. The predicted molar refractivity (Wildman–Crippen MR) is 163 cm³/mol.